The van der Waals surface area contributed by atoms with Crippen molar-refractivity contribution in [1.82, 2.24) is 14.8 Å². The number of amides is 1. The number of nitrogens with zero attached hydrogens (tertiary/aromatic N) is 2. The Hall–Kier alpha value is -1.86. The number of carbonyl (C=O) groups excluding carboxylic acids is 1. The summed E-state index contributed by atoms with van der Waals surface area (Å²) in [5.41, 5.74) is 0.628. The SMILES string of the molecule is Cc1[nH]ccc1C(=O)N1CCN(C2(C(=O)O)CCOC2)CC1. The lowest BCUT2D eigenvalue weighted by Gasteiger charge is -2.42. The monoisotopic (exact) mass is 307 g/mol. The first kappa shape index (κ1) is 15.1. The highest BCUT2D eigenvalue weighted by atomic mass is 16.5. The third kappa shape index (κ3) is 2.40. The van der Waals surface area contributed by atoms with Crippen LogP contribution >= 0.6 is 0 Å². The number of carboxylic acids is 1. The number of hydrogen-bond acceptors (Lipinski definition) is 4. The minimum Gasteiger partial charge on any atom is -0.480 e. The number of carboxylic acid groups (broad SMARTS) is 1. The fourth-order valence-electron chi connectivity index (χ4n) is 3.30. The van der Waals surface area contributed by atoms with Crippen molar-refractivity contribution >= 4 is 11.9 Å². The largest absolute Gasteiger partial charge is 0.480 e. The number of ether oxygens (including phenoxy) is 1. The molecule has 7 nitrogen and oxygen atoms in total. The van der Waals surface area contributed by atoms with E-state index in [2.05, 4.69) is 4.98 Å². The van der Waals surface area contributed by atoms with Gasteiger partial charge in [-0.05, 0) is 13.0 Å². The maximum atomic E-state index is 12.5. The number of hydrogen-bond donors (Lipinski definition) is 2. The number of aromatic amines is 1. The smallest absolute Gasteiger partial charge is 0.326 e. The molecule has 1 atom stereocenters. The standard InChI is InChI=1S/C15H21N3O4/c1-11-12(2-4-16-11)13(19)17-5-7-18(8-6-17)15(14(20)21)3-9-22-10-15/h2,4,16H,3,5-10H2,1H3,(H,20,21). The van der Waals surface area contributed by atoms with Crippen LogP contribution in [-0.4, -0.2) is 76.7 Å². The highest BCUT2D eigenvalue weighted by molar-refractivity contribution is 5.95. The van der Waals surface area contributed by atoms with Crippen molar-refractivity contribution in [3.63, 3.8) is 0 Å². The highest BCUT2D eigenvalue weighted by Gasteiger charge is 2.48. The van der Waals surface area contributed by atoms with Crippen molar-refractivity contribution in [3.05, 3.63) is 23.5 Å². The number of carbonyl (C=O) groups is 2. The maximum Gasteiger partial charge on any atom is 0.326 e. The van der Waals surface area contributed by atoms with Gasteiger partial charge in [-0.15, -0.1) is 0 Å². The first-order valence-electron chi connectivity index (χ1n) is 7.54. The summed E-state index contributed by atoms with van der Waals surface area (Å²) in [4.78, 5) is 30.9. The van der Waals surface area contributed by atoms with Crippen molar-refractivity contribution in [1.29, 1.82) is 0 Å². The summed E-state index contributed by atoms with van der Waals surface area (Å²) in [6.07, 6.45) is 2.27. The molecule has 1 unspecified atom stereocenters. The van der Waals surface area contributed by atoms with Crippen LogP contribution in [0.25, 0.3) is 0 Å². The van der Waals surface area contributed by atoms with Crippen LogP contribution in [-0.2, 0) is 9.53 Å². The lowest BCUT2D eigenvalue weighted by atomic mass is 9.95. The molecule has 3 rings (SSSR count). The van der Waals surface area contributed by atoms with E-state index in [1.807, 2.05) is 11.8 Å². The Bertz CT molecular complexity index is 569. The average molecular weight is 307 g/mol. The van der Waals surface area contributed by atoms with Crippen molar-refractivity contribution in [2.75, 3.05) is 39.4 Å². The molecule has 1 aromatic heterocycles. The van der Waals surface area contributed by atoms with Gasteiger partial charge in [0.25, 0.3) is 5.91 Å². The van der Waals surface area contributed by atoms with E-state index in [0.29, 0.717) is 44.8 Å². The minimum absolute atomic E-state index is 0.00504. The molecule has 1 amide bonds. The molecule has 3 heterocycles. The third-order valence-corrected chi connectivity index (χ3v) is 4.76. The van der Waals surface area contributed by atoms with Gasteiger partial charge in [0, 0.05) is 51.1 Å². The zero-order chi connectivity index (χ0) is 15.7. The first-order valence-corrected chi connectivity index (χ1v) is 7.54. The van der Waals surface area contributed by atoms with E-state index in [-0.39, 0.29) is 12.5 Å². The number of aromatic nitrogens is 1. The molecule has 22 heavy (non-hydrogen) atoms. The summed E-state index contributed by atoms with van der Waals surface area (Å²) in [6, 6.07) is 1.79. The molecule has 120 valence electrons. The second-order valence-electron chi connectivity index (χ2n) is 5.93. The second-order valence-corrected chi connectivity index (χ2v) is 5.93. The fourth-order valence-corrected chi connectivity index (χ4v) is 3.30. The Morgan fingerprint density at radius 3 is 2.55 bits per heavy atom. The Labute approximate surface area is 128 Å². The van der Waals surface area contributed by atoms with Gasteiger partial charge in [-0.25, -0.2) is 0 Å². The Kier molecular flexibility index (Phi) is 3.92. The Morgan fingerprint density at radius 1 is 1.32 bits per heavy atom. The number of aliphatic carboxylic acids is 1. The predicted octanol–water partition coefficient (Wildman–Crippen LogP) is 0.325. The highest BCUT2D eigenvalue weighted by Crippen LogP contribution is 2.28. The van der Waals surface area contributed by atoms with E-state index >= 15 is 0 Å². The van der Waals surface area contributed by atoms with E-state index in [4.69, 9.17) is 4.74 Å². The van der Waals surface area contributed by atoms with Crippen molar-refractivity contribution in [3.8, 4) is 0 Å². The van der Waals surface area contributed by atoms with E-state index in [9.17, 15) is 14.7 Å². The van der Waals surface area contributed by atoms with E-state index in [0.717, 1.165) is 5.69 Å². The van der Waals surface area contributed by atoms with Crippen LogP contribution in [0, 0.1) is 6.92 Å². The molecule has 0 aliphatic carbocycles. The normalized spacial score (nSPS) is 26.3. The fraction of sp³-hybridized carbons (Fsp3) is 0.600. The molecule has 0 saturated carbocycles. The summed E-state index contributed by atoms with van der Waals surface area (Å²) in [5.74, 6) is -0.822. The van der Waals surface area contributed by atoms with E-state index in [1.54, 1.807) is 17.2 Å². The molecule has 0 spiro atoms. The van der Waals surface area contributed by atoms with Crippen molar-refractivity contribution in [2.24, 2.45) is 0 Å². The molecule has 7 heteroatoms. The zero-order valence-electron chi connectivity index (χ0n) is 12.7. The van der Waals surface area contributed by atoms with Gasteiger partial charge >= 0.3 is 5.97 Å². The summed E-state index contributed by atoms with van der Waals surface area (Å²) in [6.45, 7) is 4.78. The number of H-pyrrole nitrogens is 1. The van der Waals surface area contributed by atoms with Crippen LogP contribution in [0.15, 0.2) is 12.3 Å². The summed E-state index contributed by atoms with van der Waals surface area (Å²) in [5, 5.41) is 9.57. The van der Waals surface area contributed by atoms with Crippen molar-refractivity contribution in [2.45, 2.75) is 18.9 Å². The summed E-state index contributed by atoms with van der Waals surface area (Å²) in [7, 11) is 0. The van der Waals surface area contributed by atoms with Crippen molar-refractivity contribution < 1.29 is 19.4 Å². The molecule has 2 N–H and O–H groups in total. The summed E-state index contributed by atoms with van der Waals surface area (Å²) >= 11 is 0. The molecule has 2 fully saturated rings. The summed E-state index contributed by atoms with van der Waals surface area (Å²) < 4.78 is 5.32. The van der Waals surface area contributed by atoms with Gasteiger partial charge < -0.3 is 19.7 Å². The topological polar surface area (TPSA) is 85.9 Å². The van der Waals surface area contributed by atoms with Crippen LogP contribution in [0.3, 0.4) is 0 Å². The van der Waals surface area contributed by atoms with Crippen LogP contribution in [0.1, 0.15) is 22.5 Å². The Balaban J connectivity index is 1.66. The molecule has 2 aliphatic heterocycles. The number of rotatable bonds is 3. The van der Waals surface area contributed by atoms with Gasteiger partial charge in [-0.3, -0.25) is 14.5 Å². The van der Waals surface area contributed by atoms with Crippen LogP contribution < -0.4 is 0 Å². The molecule has 0 bridgehead atoms. The van der Waals surface area contributed by atoms with Gasteiger partial charge in [-0.1, -0.05) is 0 Å². The molecule has 0 radical (unpaired) electrons. The molecule has 1 aromatic rings. The second kappa shape index (κ2) is 5.73. The van der Waals surface area contributed by atoms with Gasteiger partial charge in [-0.2, -0.15) is 0 Å². The predicted molar refractivity (Wildman–Crippen MR) is 78.8 cm³/mol. The van der Waals surface area contributed by atoms with Crippen LogP contribution in [0.5, 0.6) is 0 Å². The minimum atomic E-state index is -0.918. The van der Waals surface area contributed by atoms with Gasteiger partial charge in [0.15, 0.2) is 0 Å². The van der Waals surface area contributed by atoms with Gasteiger partial charge in [0.05, 0.1) is 12.2 Å². The number of piperazine rings is 1. The molecule has 2 aliphatic rings. The Morgan fingerprint density at radius 2 is 2.05 bits per heavy atom. The van der Waals surface area contributed by atoms with Gasteiger partial charge in [0.1, 0.15) is 5.54 Å². The van der Waals surface area contributed by atoms with Crippen LogP contribution in [0.4, 0.5) is 0 Å². The van der Waals surface area contributed by atoms with E-state index in [1.165, 1.54) is 0 Å². The molecular weight excluding hydrogens is 286 g/mol. The average Bonchev–Trinajstić information content (AvgIpc) is 3.16. The lowest BCUT2D eigenvalue weighted by molar-refractivity contribution is -0.152. The molecular formula is C15H21N3O4. The zero-order valence-corrected chi connectivity index (χ0v) is 12.7. The maximum absolute atomic E-state index is 12.5. The first-order chi connectivity index (χ1) is 10.5. The molecule has 2 saturated heterocycles. The third-order valence-electron chi connectivity index (χ3n) is 4.76. The van der Waals surface area contributed by atoms with E-state index < -0.39 is 11.5 Å². The lowest BCUT2D eigenvalue weighted by Crippen LogP contribution is -2.61. The molecule has 0 aromatic carbocycles. The number of aryl methyl sites for hydroxylation is 1. The van der Waals surface area contributed by atoms with Gasteiger partial charge in [0.2, 0.25) is 0 Å². The van der Waals surface area contributed by atoms with Crippen LogP contribution in [0.2, 0.25) is 0 Å². The quantitative estimate of drug-likeness (QED) is 0.840. The number of nitrogens with one attached hydrogen (secondary N) is 1.